The van der Waals surface area contributed by atoms with Crippen molar-refractivity contribution in [2.75, 3.05) is 19.7 Å². The number of aromatic nitrogens is 2. The fourth-order valence-corrected chi connectivity index (χ4v) is 2.86. The molecule has 2 heterocycles. The Morgan fingerprint density at radius 2 is 2.08 bits per heavy atom. The molecule has 1 N–H and O–H groups in total. The van der Waals surface area contributed by atoms with Crippen molar-refractivity contribution < 1.29 is 19.2 Å². The molecule has 0 amide bonds. The lowest BCUT2D eigenvalue weighted by Crippen LogP contribution is -2.33. The first-order valence-electron chi connectivity index (χ1n) is 8.82. The highest BCUT2D eigenvalue weighted by Crippen LogP contribution is 2.23. The van der Waals surface area contributed by atoms with Gasteiger partial charge >= 0.3 is 5.97 Å². The molecule has 0 aromatic carbocycles. The van der Waals surface area contributed by atoms with Crippen molar-refractivity contribution in [3.05, 3.63) is 11.7 Å². The van der Waals surface area contributed by atoms with Crippen LogP contribution in [0.2, 0.25) is 0 Å². The number of hydrogen-bond acceptors (Lipinski definition) is 6. The number of carbonyl (C=O) groups is 1. The second kappa shape index (κ2) is 9.13. The standard InChI is InChI=1S/C17H29N3O4/c1-12(2)11-23-13(3)17-18-15(24-19-17)10-20-8-6-14(7-9-20)4-5-16(21)22/h12-14H,4-11H2,1-3H3,(H,21,22). The van der Waals surface area contributed by atoms with Crippen molar-refractivity contribution in [1.82, 2.24) is 15.0 Å². The second-order valence-corrected chi connectivity index (χ2v) is 7.07. The van der Waals surface area contributed by atoms with Crippen LogP contribution in [0.3, 0.4) is 0 Å². The molecule has 136 valence electrons. The quantitative estimate of drug-likeness (QED) is 0.740. The zero-order valence-electron chi connectivity index (χ0n) is 14.9. The monoisotopic (exact) mass is 339 g/mol. The molecule has 7 heteroatoms. The summed E-state index contributed by atoms with van der Waals surface area (Å²) in [5.41, 5.74) is 0. The predicted molar refractivity (Wildman–Crippen MR) is 88.4 cm³/mol. The molecular formula is C17H29N3O4. The third-order valence-electron chi connectivity index (χ3n) is 4.36. The maximum atomic E-state index is 10.6. The summed E-state index contributed by atoms with van der Waals surface area (Å²) in [4.78, 5) is 17.4. The molecule has 0 spiro atoms. The van der Waals surface area contributed by atoms with Crippen molar-refractivity contribution in [2.45, 2.75) is 59.1 Å². The fraction of sp³-hybridized carbons (Fsp3) is 0.824. The molecule has 0 bridgehead atoms. The van der Waals surface area contributed by atoms with E-state index in [0.29, 0.717) is 36.7 Å². The van der Waals surface area contributed by atoms with Gasteiger partial charge in [0.05, 0.1) is 6.54 Å². The van der Waals surface area contributed by atoms with E-state index in [4.69, 9.17) is 14.4 Å². The summed E-state index contributed by atoms with van der Waals surface area (Å²) in [5.74, 6) is 1.50. The molecule has 1 unspecified atom stereocenters. The lowest BCUT2D eigenvalue weighted by Gasteiger charge is -2.30. The van der Waals surface area contributed by atoms with E-state index in [2.05, 4.69) is 28.9 Å². The largest absolute Gasteiger partial charge is 0.481 e. The van der Waals surface area contributed by atoms with Crippen LogP contribution in [0.25, 0.3) is 0 Å². The van der Waals surface area contributed by atoms with Gasteiger partial charge in [0, 0.05) is 13.0 Å². The second-order valence-electron chi connectivity index (χ2n) is 7.07. The van der Waals surface area contributed by atoms with Gasteiger partial charge in [-0.25, -0.2) is 0 Å². The molecule has 1 atom stereocenters. The highest BCUT2D eigenvalue weighted by atomic mass is 16.5. The Bertz CT molecular complexity index is 510. The third-order valence-corrected chi connectivity index (χ3v) is 4.36. The van der Waals surface area contributed by atoms with Crippen molar-refractivity contribution in [1.29, 1.82) is 0 Å². The van der Waals surface area contributed by atoms with Gasteiger partial charge in [0.1, 0.15) is 6.10 Å². The van der Waals surface area contributed by atoms with Crippen molar-refractivity contribution in [3.8, 4) is 0 Å². The smallest absolute Gasteiger partial charge is 0.303 e. The van der Waals surface area contributed by atoms with Gasteiger partial charge in [-0.3, -0.25) is 9.69 Å². The number of likely N-dealkylation sites (tertiary alicyclic amines) is 1. The first-order valence-corrected chi connectivity index (χ1v) is 8.82. The first-order chi connectivity index (χ1) is 11.4. The predicted octanol–water partition coefficient (Wildman–Crippen LogP) is 2.88. The zero-order chi connectivity index (χ0) is 17.5. The summed E-state index contributed by atoms with van der Waals surface area (Å²) in [7, 11) is 0. The summed E-state index contributed by atoms with van der Waals surface area (Å²) in [6.45, 7) is 9.36. The SMILES string of the molecule is CC(C)COC(C)c1noc(CN2CCC(CCC(=O)O)CC2)n1. The minimum atomic E-state index is -0.704. The number of hydrogen-bond donors (Lipinski definition) is 1. The van der Waals surface area contributed by atoms with E-state index in [-0.39, 0.29) is 12.5 Å². The molecule has 0 saturated carbocycles. The molecule has 0 aliphatic carbocycles. The lowest BCUT2D eigenvalue weighted by molar-refractivity contribution is -0.137. The van der Waals surface area contributed by atoms with E-state index in [0.717, 1.165) is 32.4 Å². The van der Waals surface area contributed by atoms with Crippen LogP contribution < -0.4 is 0 Å². The topological polar surface area (TPSA) is 88.7 Å². The van der Waals surface area contributed by atoms with Gasteiger partial charge in [-0.2, -0.15) is 4.98 Å². The lowest BCUT2D eigenvalue weighted by atomic mass is 9.92. The maximum Gasteiger partial charge on any atom is 0.303 e. The Balaban J connectivity index is 1.74. The number of aliphatic carboxylic acids is 1. The number of ether oxygens (including phenoxy) is 1. The Labute approximate surface area is 143 Å². The van der Waals surface area contributed by atoms with Gasteiger partial charge in [0.2, 0.25) is 5.89 Å². The van der Waals surface area contributed by atoms with Gasteiger partial charge in [-0.15, -0.1) is 0 Å². The first kappa shape index (κ1) is 18.9. The Kier molecular flexibility index (Phi) is 7.17. The van der Waals surface area contributed by atoms with Crippen LogP contribution in [-0.4, -0.2) is 45.8 Å². The van der Waals surface area contributed by atoms with Crippen LogP contribution in [0.1, 0.15) is 64.3 Å². The Hall–Kier alpha value is -1.47. The fourth-order valence-electron chi connectivity index (χ4n) is 2.86. The number of piperidine rings is 1. The summed E-state index contributed by atoms with van der Waals surface area (Å²) in [6, 6.07) is 0. The molecule has 1 aliphatic heterocycles. The number of nitrogens with zero attached hydrogens (tertiary/aromatic N) is 3. The van der Waals surface area contributed by atoms with Crippen LogP contribution >= 0.6 is 0 Å². The molecule has 24 heavy (non-hydrogen) atoms. The van der Waals surface area contributed by atoms with Gasteiger partial charge in [0.25, 0.3) is 0 Å². The van der Waals surface area contributed by atoms with Gasteiger partial charge in [-0.05, 0) is 51.1 Å². The number of rotatable bonds is 9. The van der Waals surface area contributed by atoms with E-state index >= 15 is 0 Å². The van der Waals surface area contributed by atoms with Gasteiger partial charge in [0.15, 0.2) is 5.82 Å². The van der Waals surface area contributed by atoms with Crippen LogP contribution in [0.15, 0.2) is 4.52 Å². The van der Waals surface area contributed by atoms with Crippen molar-refractivity contribution in [2.24, 2.45) is 11.8 Å². The van der Waals surface area contributed by atoms with E-state index in [1.165, 1.54) is 0 Å². The summed E-state index contributed by atoms with van der Waals surface area (Å²) in [6.07, 6.45) is 2.95. The van der Waals surface area contributed by atoms with E-state index < -0.39 is 5.97 Å². The molecular weight excluding hydrogens is 310 g/mol. The summed E-state index contributed by atoms with van der Waals surface area (Å²) < 4.78 is 11.0. The average Bonchev–Trinajstić information content (AvgIpc) is 3.00. The highest BCUT2D eigenvalue weighted by Gasteiger charge is 2.22. The molecule has 1 fully saturated rings. The molecule has 1 aliphatic rings. The van der Waals surface area contributed by atoms with Crippen molar-refractivity contribution >= 4 is 5.97 Å². The molecule has 1 saturated heterocycles. The van der Waals surface area contributed by atoms with Crippen LogP contribution in [0, 0.1) is 11.8 Å². The minimum absolute atomic E-state index is 0.161. The molecule has 7 nitrogen and oxygen atoms in total. The molecule has 2 rings (SSSR count). The van der Waals surface area contributed by atoms with Crippen LogP contribution in [0.4, 0.5) is 0 Å². The van der Waals surface area contributed by atoms with Crippen molar-refractivity contribution in [3.63, 3.8) is 0 Å². The average molecular weight is 339 g/mol. The maximum absolute atomic E-state index is 10.6. The van der Waals surface area contributed by atoms with Gasteiger partial charge in [-0.1, -0.05) is 19.0 Å². The third kappa shape index (κ3) is 6.20. The van der Waals surface area contributed by atoms with Crippen LogP contribution in [-0.2, 0) is 16.1 Å². The van der Waals surface area contributed by atoms with Crippen LogP contribution in [0.5, 0.6) is 0 Å². The minimum Gasteiger partial charge on any atom is -0.481 e. The molecule has 1 aromatic heterocycles. The highest BCUT2D eigenvalue weighted by molar-refractivity contribution is 5.66. The molecule has 0 radical (unpaired) electrons. The number of carboxylic acid groups (broad SMARTS) is 1. The van der Waals surface area contributed by atoms with E-state index in [9.17, 15) is 4.79 Å². The summed E-state index contributed by atoms with van der Waals surface area (Å²) >= 11 is 0. The molecule has 1 aromatic rings. The normalized spacial score (nSPS) is 18.2. The summed E-state index contributed by atoms with van der Waals surface area (Å²) in [5, 5.41) is 12.8. The Morgan fingerprint density at radius 1 is 1.38 bits per heavy atom. The van der Waals surface area contributed by atoms with E-state index in [1.807, 2.05) is 6.92 Å². The Morgan fingerprint density at radius 3 is 2.71 bits per heavy atom. The number of carboxylic acids is 1. The van der Waals surface area contributed by atoms with Gasteiger partial charge < -0.3 is 14.4 Å². The zero-order valence-corrected chi connectivity index (χ0v) is 14.9. The van der Waals surface area contributed by atoms with E-state index in [1.54, 1.807) is 0 Å².